The van der Waals surface area contributed by atoms with Crippen LogP contribution in [0.1, 0.15) is 28.8 Å². The van der Waals surface area contributed by atoms with E-state index < -0.39 is 0 Å². The van der Waals surface area contributed by atoms with Gasteiger partial charge in [-0.05, 0) is 17.7 Å². The molecule has 0 spiro atoms. The van der Waals surface area contributed by atoms with Crippen LogP contribution in [0.2, 0.25) is 5.02 Å². The summed E-state index contributed by atoms with van der Waals surface area (Å²) < 4.78 is 11.2. The summed E-state index contributed by atoms with van der Waals surface area (Å²) in [6.45, 7) is 5.23. The van der Waals surface area contributed by atoms with E-state index in [-0.39, 0.29) is 12.0 Å². The number of piperazine rings is 1. The minimum Gasteiger partial charge on any atom is -0.473 e. The molecule has 4 heterocycles. The highest BCUT2D eigenvalue weighted by atomic mass is 35.5. The molecule has 2 aromatic rings. The zero-order valence-corrected chi connectivity index (χ0v) is 17.1. The van der Waals surface area contributed by atoms with Gasteiger partial charge in [-0.1, -0.05) is 17.7 Å². The molecule has 0 radical (unpaired) electrons. The molecule has 0 bridgehead atoms. The second kappa shape index (κ2) is 9.52. The SMILES string of the molecule is O=C(c1cnc(OC2CCOCC2)c(Cl)c1)N1CCN(Cc2cccnc2)CC1. The Labute approximate surface area is 175 Å². The van der Waals surface area contributed by atoms with Crippen molar-refractivity contribution in [2.75, 3.05) is 39.4 Å². The minimum absolute atomic E-state index is 0.0435. The van der Waals surface area contributed by atoms with Crippen LogP contribution in [0.5, 0.6) is 5.88 Å². The normalized spacial score (nSPS) is 18.6. The fourth-order valence-electron chi connectivity index (χ4n) is 3.62. The summed E-state index contributed by atoms with van der Waals surface area (Å²) in [6, 6.07) is 5.68. The van der Waals surface area contributed by atoms with Crippen LogP contribution in [-0.2, 0) is 11.3 Å². The number of carbonyl (C=O) groups is 1. The first kappa shape index (κ1) is 20.1. The molecule has 7 nitrogen and oxygen atoms in total. The second-order valence-electron chi connectivity index (χ2n) is 7.37. The van der Waals surface area contributed by atoms with E-state index in [2.05, 4.69) is 20.9 Å². The molecule has 2 aromatic heterocycles. The van der Waals surface area contributed by atoms with Crippen LogP contribution >= 0.6 is 11.6 Å². The predicted octanol–water partition coefficient (Wildman–Crippen LogP) is 2.65. The van der Waals surface area contributed by atoms with Gasteiger partial charge >= 0.3 is 0 Å². The quantitative estimate of drug-likeness (QED) is 0.746. The Balaban J connectivity index is 1.32. The lowest BCUT2D eigenvalue weighted by molar-refractivity contribution is 0.0237. The van der Waals surface area contributed by atoms with E-state index in [0.717, 1.165) is 32.5 Å². The smallest absolute Gasteiger partial charge is 0.255 e. The number of ether oxygens (including phenoxy) is 2. The van der Waals surface area contributed by atoms with Gasteiger partial charge in [-0.3, -0.25) is 14.7 Å². The van der Waals surface area contributed by atoms with Crippen molar-refractivity contribution in [3.05, 3.63) is 52.9 Å². The Morgan fingerprint density at radius 2 is 2.00 bits per heavy atom. The molecule has 0 aromatic carbocycles. The molecular formula is C21H25ClN4O3. The van der Waals surface area contributed by atoms with E-state index in [4.69, 9.17) is 21.1 Å². The summed E-state index contributed by atoms with van der Waals surface area (Å²) >= 11 is 6.34. The maximum atomic E-state index is 12.9. The average molecular weight is 417 g/mol. The van der Waals surface area contributed by atoms with Crippen LogP contribution in [0.4, 0.5) is 0 Å². The topological polar surface area (TPSA) is 67.8 Å². The molecule has 2 saturated heterocycles. The zero-order chi connectivity index (χ0) is 20.1. The number of carbonyl (C=O) groups excluding carboxylic acids is 1. The lowest BCUT2D eigenvalue weighted by Crippen LogP contribution is -2.48. The van der Waals surface area contributed by atoms with Crippen molar-refractivity contribution in [1.82, 2.24) is 19.8 Å². The number of nitrogens with zero attached hydrogens (tertiary/aromatic N) is 4. The molecule has 8 heteroatoms. The highest BCUT2D eigenvalue weighted by Crippen LogP contribution is 2.26. The molecule has 0 aliphatic carbocycles. The summed E-state index contributed by atoms with van der Waals surface area (Å²) in [5, 5.41) is 0.373. The van der Waals surface area contributed by atoms with E-state index in [0.29, 0.717) is 42.8 Å². The largest absolute Gasteiger partial charge is 0.473 e. The van der Waals surface area contributed by atoms with Crippen molar-refractivity contribution < 1.29 is 14.3 Å². The lowest BCUT2D eigenvalue weighted by Gasteiger charge is -2.34. The average Bonchev–Trinajstić information content (AvgIpc) is 2.77. The highest BCUT2D eigenvalue weighted by Gasteiger charge is 2.24. The number of hydrogen-bond acceptors (Lipinski definition) is 6. The molecule has 0 atom stereocenters. The molecule has 154 valence electrons. The van der Waals surface area contributed by atoms with Crippen LogP contribution < -0.4 is 4.74 Å². The Morgan fingerprint density at radius 3 is 2.69 bits per heavy atom. The number of rotatable bonds is 5. The summed E-state index contributed by atoms with van der Waals surface area (Å²) in [4.78, 5) is 25.5. The number of aromatic nitrogens is 2. The number of pyridine rings is 2. The van der Waals surface area contributed by atoms with Gasteiger partial charge < -0.3 is 14.4 Å². The number of hydrogen-bond donors (Lipinski definition) is 0. The monoisotopic (exact) mass is 416 g/mol. The van der Waals surface area contributed by atoms with Crippen molar-refractivity contribution in [3.8, 4) is 5.88 Å². The van der Waals surface area contributed by atoms with Gasteiger partial charge in [0.1, 0.15) is 11.1 Å². The standard InChI is InChI=1S/C21H25ClN4O3/c22-19-12-17(14-24-20(19)29-18-3-10-28-11-4-18)21(27)26-8-6-25(7-9-26)15-16-2-1-5-23-13-16/h1-2,5,12-14,18H,3-4,6-11,15H2. The minimum atomic E-state index is -0.0435. The van der Waals surface area contributed by atoms with Crippen molar-refractivity contribution >= 4 is 17.5 Å². The molecular weight excluding hydrogens is 392 g/mol. The number of halogens is 1. The van der Waals surface area contributed by atoms with Gasteiger partial charge in [0.15, 0.2) is 0 Å². The van der Waals surface area contributed by atoms with Gasteiger partial charge in [0.05, 0.1) is 18.8 Å². The zero-order valence-electron chi connectivity index (χ0n) is 16.3. The number of amides is 1. The van der Waals surface area contributed by atoms with Gasteiger partial charge in [-0.25, -0.2) is 4.98 Å². The molecule has 0 N–H and O–H groups in total. The van der Waals surface area contributed by atoms with Crippen LogP contribution in [0.15, 0.2) is 36.8 Å². The van der Waals surface area contributed by atoms with Crippen LogP contribution in [0, 0.1) is 0 Å². The van der Waals surface area contributed by atoms with Gasteiger partial charge in [0, 0.05) is 64.2 Å². The third kappa shape index (κ3) is 5.23. The van der Waals surface area contributed by atoms with Gasteiger partial charge in [0.2, 0.25) is 5.88 Å². The van der Waals surface area contributed by atoms with Crippen LogP contribution in [0.25, 0.3) is 0 Å². The molecule has 4 rings (SSSR count). The van der Waals surface area contributed by atoms with Crippen molar-refractivity contribution in [1.29, 1.82) is 0 Å². The molecule has 0 saturated carbocycles. The molecule has 0 unspecified atom stereocenters. The summed E-state index contributed by atoms with van der Waals surface area (Å²) in [6.07, 6.45) is 6.92. The van der Waals surface area contributed by atoms with E-state index in [1.54, 1.807) is 18.5 Å². The Kier molecular flexibility index (Phi) is 6.59. The van der Waals surface area contributed by atoms with E-state index in [1.807, 2.05) is 17.2 Å². The molecule has 2 aliphatic heterocycles. The maximum Gasteiger partial charge on any atom is 0.255 e. The fraction of sp³-hybridized carbons (Fsp3) is 0.476. The molecule has 2 aliphatic rings. The van der Waals surface area contributed by atoms with E-state index in [9.17, 15) is 4.79 Å². The first-order valence-electron chi connectivity index (χ1n) is 9.99. The molecule has 2 fully saturated rings. The third-order valence-electron chi connectivity index (χ3n) is 5.29. The van der Waals surface area contributed by atoms with Gasteiger partial charge in [0.25, 0.3) is 5.91 Å². The summed E-state index contributed by atoms with van der Waals surface area (Å²) in [5.41, 5.74) is 1.68. The van der Waals surface area contributed by atoms with Crippen molar-refractivity contribution in [2.24, 2.45) is 0 Å². The Bertz CT molecular complexity index is 822. The van der Waals surface area contributed by atoms with Crippen LogP contribution in [0.3, 0.4) is 0 Å². The predicted molar refractivity (Wildman–Crippen MR) is 109 cm³/mol. The summed E-state index contributed by atoms with van der Waals surface area (Å²) in [7, 11) is 0. The van der Waals surface area contributed by atoms with E-state index >= 15 is 0 Å². The first-order chi connectivity index (χ1) is 14.2. The van der Waals surface area contributed by atoms with Gasteiger partial charge in [-0.15, -0.1) is 0 Å². The third-order valence-corrected chi connectivity index (χ3v) is 5.56. The van der Waals surface area contributed by atoms with Crippen molar-refractivity contribution in [2.45, 2.75) is 25.5 Å². The second-order valence-corrected chi connectivity index (χ2v) is 7.78. The maximum absolute atomic E-state index is 12.9. The molecule has 29 heavy (non-hydrogen) atoms. The summed E-state index contributed by atoms with van der Waals surface area (Å²) in [5.74, 6) is 0.342. The Morgan fingerprint density at radius 1 is 1.21 bits per heavy atom. The Hall–Kier alpha value is -2.22. The first-order valence-corrected chi connectivity index (χ1v) is 10.4. The molecule has 1 amide bonds. The van der Waals surface area contributed by atoms with Gasteiger partial charge in [-0.2, -0.15) is 0 Å². The van der Waals surface area contributed by atoms with Crippen molar-refractivity contribution in [3.63, 3.8) is 0 Å². The fourth-order valence-corrected chi connectivity index (χ4v) is 3.83. The van der Waals surface area contributed by atoms with Crippen LogP contribution in [-0.4, -0.2) is 71.2 Å². The lowest BCUT2D eigenvalue weighted by atomic mass is 10.1. The highest BCUT2D eigenvalue weighted by molar-refractivity contribution is 6.32. The van der Waals surface area contributed by atoms with E-state index in [1.165, 1.54) is 5.56 Å².